The van der Waals surface area contributed by atoms with Crippen LogP contribution >= 0.6 is 11.8 Å². The molecule has 6 aliphatic rings. The van der Waals surface area contributed by atoms with Gasteiger partial charge in [0, 0.05) is 80.0 Å². The van der Waals surface area contributed by atoms with Crippen LogP contribution in [0.25, 0.3) is 10.9 Å². The summed E-state index contributed by atoms with van der Waals surface area (Å²) in [6.07, 6.45) is 11.5. The molecule has 8 atom stereocenters. The Morgan fingerprint density at radius 1 is 1.04 bits per heavy atom. The molecule has 48 heavy (non-hydrogen) atoms. The van der Waals surface area contributed by atoms with Crippen LogP contribution in [0, 0.1) is 11.8 Å². The minimum Gasteiger partial charge on any atom is -0.385 e. The van der Waals surface area contributed by atoms with Gasteiger partial charge in [-0.05, 0) is 74.8 Å². The number of aromatic nitrogens is 1. The molecule has 4 bridgehead atoms. The van der Waals surface area contributed by atoms with E-state index in [1.165, 1.54) is 23.1 Å². The number of nitrogens with one attached hydrogen (secondary N) is 5. The van der Waals surface area contributed by atoms with Gasteiger partial charge in [0.25, 0.3) is 0 Å². The van der Waals surface area contributed by atoms with Gasteiger partial charge in [0.15, 0.2) is 0 Å². The lowest BCUT2D eigenvalue weighted by molar-refractivity contribution is -0.142. The number of hydrogen-bond acceptors (Lipinski definition) is 6. The first kappa shape index (κ1) is 33.7. The number of aromatic amines is 1. The van der Waals surface area contributed by atoms with Crippen LogP contribution in [0.5, 0.6) is 0 Å². The van der Waals surface area contributed by atoms with Crippen LogP contribution < -0.4 is 21.3 Å². The highest BCUT2D eigenvalue weighted by molar-refractivity contribution is 8.00. The van der Waals surface area contributed by atoms with Crippen LogP contribution in [0.3, 0.4) is 0 Å². The predicted octanol–water partition coefficient (Wildman–Crippen LogP) is 4.23. The van der Waals surface area contributed by atoms with Crippen molar-refractivity contribution in [1.82, 2.24) is 31.2 Å². The lowest BCUT2D eigenvalue weighted by Gasteiger charge is -2.58. The van der Waals surface area contributed by atoms with E-state index in [2.05, 4.69) is 55.4 Å². The molecule has 1 aromatic carbocycles. The highest BCUT2D eigenvalue weighted by Gasteiger charge is 2.62. The molecule has 0 spiro atoms. The van der Waals surface area contributed by atoms with Crippen LogP contribution in [-0.4, -0.2) is 96.8 Å². The van der Waals surface area contributed by atoms with Crippen LogP contribution in [0.2, 0.25) is 0 Å². The Labute approximate surface area is 289 Å². The number of piperidine rings is 2. The molecular formula is C37H54N6O4S. The number of hydrogen-bond donors (Lipinski definition) is 5. The Hall–Kier alpha value is -2.76. The van der Waals surface area contributed by atoms with Crippen molar-refractivity contribution in [3.8, 4) is 0 Å². The largest absolute Gasteiger partial charge is 0.385 e. The average molecular weight is 679 g/mol. The molecule has 11 heteroatoms. The number of ether oxygens (including phenoxy) is 1. The summed E-state index contributed by atoms with van der Waals surface area (Å²) in [5.74, 6) is 2.27. The number of carbonyl (C=O) groups is 3. The smallest absolute Gasteiger partial charge is 0.315 e. The molecule has 10 nitrogen and oxygen atoms in total. The number of carbonyl (C=O) groups excluding carboxylic acids is 3. The van der Waals surface area contributed by atoms with Crippen LogP contribution in [0.4, 0.5) is 4.79 Å². The quantitative estimate of drug-likeness (QED) is 0.134. The Balaban J connectivity index is 0.858. The molecule has 5 N–H and O–H groups in total. The first-order valence-corrected chi connectivity index (χ1v) is 19.6. The van der Waals surface area contributed by atoms with Crippen molar-refractivity contribution < 1.29 is 19.1 Å². The van der Waals surface area contributed by atoms with Crippen molar-refractivity contribution in [2.24, 2.45) is 11.8 Å². The number of urea groups is 1. The topological polar surface area (TPSA) is 128 Å². The number of benzene rings is 1. The molecule has 1 aliphatic carbocycles. The van der Waals surface area contributed by atoms with Gasteiger partial charge >= 0.3 is 6.03 Å². The minimum absolute atomic E-state index is 0.0438. The molecule has 4 amide bonds. The third kappa shape index (κ3) is 6.71. The second-order valence-electron chi connectivity index (χ2n) is 14.9. The molecule has 6 heterocycles. The summed E-state index contributed by atoms with van der Waals surface area (Å²) in [6, 6.07) is 9.20. The van der Waals surface area contributed by atoms with Crippen molar-refractivity contribution in [3.05, 3.63) is 35.5 Å². The number of amides is 4. The summed E-state index contributed by atoms with van der Waals surface area (Å²) in [5, 5.41) is 14.3. The van der Waals surface area contributed by atoms with Gasteiger partial charge in [-0.1, -0.05) is 37.5 Å². The number of H-pyrrole nitrogens is 1. The van der Waals surface area contributed by atoms with Gasteiger partial charge in [-0.2, -0.15) is 11.8 Å². The van der Waals surface area contributed by atoms with E-state index in [4.69, 9.17) is 4.74 Å². The van der Waals surface area contributed by atoms with E-state index in [0.717, 1.165) is 95.2 Å². The number of unbranched alkanes of at least 4 members (excludes halogenated alkanes) is 4. The SMILES string of the molecule is COCC[C@H]1CC2CN3CCc4c([nH]c5ccccc45)[C@](C(=O)NCCCCCCNC(=O)CCCC[C@@H]4SCC5NC(=O)NC54)(C2)C13. The molecule has 5 aliphatic heterocycles. The first-order chi connectivity index (χ1) is 23.5. The van der Waals surface area contributed by atoms with Gasteiger partial charge in [0.1, 0.15) is 5.41 Å². The second kappa shape index (κ2) is 15.0. The van der Waals surface area contributed by atoms with Gasteiger partial charge < -0.3 is 31.0 Å². The zero-order chi connectivity index (χ0) is 33.1. The molecule has 5 fully saturated rings. The van der Waals surface area contributed by atoms with E-state index in [1.807, 2.05) is 11.8 Å². The van der Waals surface area contributed by atoms with Crippen molar-refractivity contribution in [2.45, 2.75) is 106 Å². The third-order valence-electron chi connectivity index (χ3n) is 11.9. The summed E-state index contributed by atoms with van der Waals surface area (Å²) < 4.78 is 5.54. The van der Waals surface area contributed by atoms with Crippen LogP contribution in [0.1, 0.15) is 81.9 Å². The molecular weight excluding hydrogens is 625 g/mol. The highest BCUT2D eigenvalue weighted by atomic mass is 32.2. The minimum atomic E-state index is -0.559. The van der Waals surface area contributed by atoms with Gasteiger partial charge in [-0.25, -0.2) is 4.79 Å². The monoisotopic (exact) mass is 678 g/mol. The van der Waals surface area contributed by atoms with Gasteiger partial charge in [-0.3, -0.25) is 14.5 Å². The Morgan fingerprint density at radius 3 is 2.73 bits per heavy atom. The number of nitrogens with zero attached hydrogens (tertiary/aromatic N) is 1. The van der Waals surface area contributed by atoms with Crippen molar-refractivity contribution >= 4 is 40.5 Å². The van der Waals surface area contributed by atoms with E-state index < -0.39 is 5.41 Å². The fourth-order valence-electron chi connectivity index (χ4n) is 9.83. The number of para-hydroxylation sites is 1. The number of rotatable bonds is 16. The summed E-state index contributed by atoms with van der Waals surface area (Å²) in [6.45, 7) is 4.23. The summed E-state index contributed by atoms with van der Waals surface area (Å²) in [5.41, 5.74) is 3.09. The fraction of sp³-hybridized carbons (Fsp3) is 0.703. The zero-order valence-electron chi connectivity index (χ0n) is 28.5. The normalized spacial score (nSPS) is 31.5. The Morgan fingerprint density at radius 2 is 1.88 bits per heavy atom. The average Bonchev–Trinajstić information content (AvgIpc) is 3.76. The predicted molar refractivity (Wildman–Crippen MR) is 190 cm³/mol. The molecule has 262 valence electrons. The molecule has 4 saturated heterocycles. The molecule has 5 unspecified atom stereocenters. The maximum absolute atomic E-state index is 14.5. The summed E-state index contributed by atoms with van der Waals surface area (Å²) in [4.78, 5) is 44.9. The van der Waals surface area contributed by atoms with Crippen molar-refractivity contribution in [1.29, 1.82) is 0 Å². The molecule has 1 saturated carbocycles. The van der Waals surface area contributed by atoms with E-state index >= 15 is 0 Å². The van der Waals surface area contributed by atoms with Gasteiger partial charge in [-0.15, -0.1) is 0 Å². The molecule has 2 aromatic rings. The summed E-state index contributed by atoms with van der Waals surface area (Å²) >= 11 is 1.93. The van der Waals surface area contributed by atoms with Crippen LogP contribution in [-0.2, 0) is 26.2 Å². The van der Waals surface area contributed by atoms with Gasteiger partial charge in [0.2, 0.25) is 11.8 Å². The third-order valence-corrected chi connectivity index (χ3v) is 13.4. The van der Waals surface area contributed by atoms with E-state index in [0.29, 0.717) is 36.6 Å². The van der Waals surface area contributed by atoms with E-state index in [9.17, 15) is 14.4 Å². The standard InChI is InChI=1S/C37H54N6O4S/c1-47-19-15-25-20-24-21-37(33-27(14-18-43(22-24)34(25)37)26-10-4-5-11-28(26)40-33)35(45)39-17-9-3-2-8-16-38-31(44)13-7-6-12-30-32-29(23-48-30)41-36(46)42-32/h4-5,10-11,24-25,29-30,32,34,40H,2-3,6-9,12-23H2,1H3,(H,38,44)(H,39,45)(H2,41,42,46)/t24?,25-,29?,30-,32?,34?,37+/m0/s1. The molecule has 8 rings (SSSR count). The fourth-order valence-corrected chi connectivity index (χ4v) is 11.4. The van der Waals surface area contributed by atoms with E-state index in [-0.39, 0.29) is 36.0 Å². The lowest BCUT2D eigenvalue weighted by atomic mass is 9.56. The number of thioether (sulfide) groups is 1. The molecule has 0 radical (unpaired) electrons. The van der Waals surface area contributed by atoms with Crippen molar-refractivity contribution in [2.75, 3.05) is 45.6 Å². The van der Waals surface area contributed by atoms with Crippen LogP contribution in [0.15, 0.2) is 24.3 Å². The zero-order valence-corrected chi connectivity index (χ0v) is 29.3. The van der Waals surface area contributed by atoms with Crippen molar-refractivity contribution in [3.63, 3.8) is 0 Å². The first-order valence-electron chi connectivity index (χ1n) is 18.5. The Bertz CT molecular complexity index is 1470. The number of fused-ring (bicyclic) bond motifs is 5. The summed E-state index contributed by atoms with van der Waals surface area (Å²) in [7, 11) is 1.78. The molecule has 1 aromatic heterocycles. The van der Waals surface area contributed by atoms with E-state index in [1.54, 1.807) is 7.11 Å². The lowest BCUT2D eigenvalue weighted by Crippen LogP contribution is -2.69. The highest BCUT2D eigenvalue weighted by Crippen LogP contribution is 2.55. The maximum Gasteiger partial charge on any atom is 0.315 e. The van der Waals surface area contributed by atoms with Gasteiger partial charge in [0.05, 0.1) is 12.1 Å². The Kier molecular flexibility index (Phi) is 10.5. The number of methoxy groups -OCH3 is 1. The maximum atomic E-state index is 14.5. The second-order valence-corrected chi connectivity index (χ2v) is 16.2.